The molecule has 1 aliphatic rings. The van der Waals surface area contributed by atoms with E-state index in [0.717, 1.165) is 11.2 Å². The maximum atomic E-state index is 12.3. The molecule has 0 spiro atoms. The highest BCUT2D eigenvalue weighted by Gasteiger charge is 2.16. The highest BCUT2D eigenvalue weighted by atomic mass is 16.5. The number of rotatable bonds is 2. The van der Waals surface area contributed by atoms with Crippen molar-refractivity contribution >= 4 is 23.1 Å². The fraction of sp³-hybridized carbons (Fsp3) is 0.0667. The summed E-state index contributed by atoms with van der Waals surface area (Å²) < 4.78 is 7.32. The van der Waals surface area contributed by atoms with Gasteiger partial charge in [0, 0.05) is 13.1 Å². The van der Waals surface area contributed by atoms with Gasteiger partial charge in [-0.1, -0.05) is 12.6 Å². The van der Waals surface area contributed by atoms with E-state index in [2.05, 4.69) is 12.3 Å². The van der Waals surface area contributed by atoms with E-state index in [0.29, 0.717) is 16.7 Å². The van der Waals surface area contributed by atoms with Crippen LogP contribution >= 0.6 is 0 Å². The third-order valence-electron chi connectivity index (χ3n) is 3.12. The van der Waals surface area contributed by atoms with Crippen molar-refractivity contribution in [3.63, 3.8) is 0 Å². The summed E-state index contributed by atoms with van der Waals surface area (Å²) in [6.45, 7) is 3.55. The summed E-state index contributed by atoms with van der Waals surface area (Å²) >= 11 is 0. The zero-order chi connectivity index (χ0) is 12.7. The topological polar surface area (TPSA) is 31.2 Å². The summed E-state index contributed by atoms with van der Waals surface area (Å²) in [5, 5.41) is 0.643. The van der Waals surface area contributed by atoms with Gasteiger partial charge < -0.3 is 9.30 Å². The lowest BCUT2D eigenvalue weighted by atomic mass is 10.1. The number of pyridine rings is 1. The molecule has 0 fully saturated rings. The van der Waals surface area contributed by atoms with Crippen LogP contribution in [0.5, 0.6) is 5.75 Å². The lowest BCUT2D eigenvalue weighted by Gasteiger charge is -2.13. The molecule has 0 aliphatic heterocycles. The van der Waals surface area contributed by atoms with Crippen LogP contribution in [0.4, 0.5) is 0 Å². The summed E-state index contributed by atoms with van der Waals surface area (Å²) in [6, 6.07) is 5.43. The molecule has 0 saturated carbocycles. The molecule has 0 bridgehead atoms. The normalized spacial score (nSPS) is 11.8. The van der Waals surface area contributed by atoms with Gasteiger partial charge in [-0.2, -0.15) is 0 Å². The largest absolute Gasteiger partial charge is 0.463 e. The number of para-hydroxylation sites is 1. The second-order valence-corrected chi connectivity index (χ2v) is 4.08. The van der Waals surface area contributed by atoms with Gasteiger partial charge in [0.15, 0.2) is 11.2 Å². The zero-order valence-electron chi connectivity index (χ0n) is 9.93. The minimum Gasteiger partial charge on any atom is -0.463 e. The molecule has 0 atom stereocenters. The third-order valence-corrected chi connectivity index (χ3v) is 3.12. The van der Waals surface area contributed by atoms with Crippen molar-refractivity contribution in [1.82, 2.24) is 4.57 Å². The van der Waals surface area contributed by atoms with Gasteiger partial charge in [0.25, 0.3) is 0 Å². The van der Waals surface area contributed by atoms with Crippen LogP contribution in [0.3, 0.4) is 0 Å². The molecular weight excluding hydrogens is 226 g/mol. The van der Waals surface area contributed by atoms with Crippen molar-refractivity contribution in [3.05, 3.63) is 58.3 Å². The van der Waals surface area contributed by atoms with E-state index in [4.69, 9.17) is 4.74 Å². The summed E-state index contributed by atoms with van der Waals surface area (Å²) in [6.07, 6.45) is 4.89. The van der Waals surface area contributed by atoms with E-state index in [1.807, 2.05) is 17.7 Å². The van der Waals surface area contributed by atoms with Crippen LogP contribution in [0.25, 0.3) is 23.1 Å². The molecule has 3 nitrogen and oxygen atoms in total. The average Bonchev–Trinajstić information content (AvgIpc) is 2.86. The molecule has 3 rings (SSSR count). The minimum atomic E-state index is 0.00821. The van der Waals surface area contributed by atoms with Gasteiger partial charge in [0.05, 0.1) is 28.4 Å². The number of aryl methyl sites for hydroxylation is 1. The highest BCUT2D eigenvalue weighted by molar-refractivity contribution is 5.90. The van der Waals surface area contributed by atoms with Gasteiger partial charge in [0.1, 0.15) is 0 Å². The van der Waals surface area contributed by atoms with E-state index in [-0.39, 0.29) is 5.43 Å². The van der Waals surface area contributed by atoms with Crippen molar-refractivity contribution in [2.45, 2.75) is 0 Å². The molecule has 0 unspecified atom stereocenters. The fourth-order valence-electron chi connectivity index (χ4n) is 2.32. The van der Waals surface area contributed by atoms with Gasteiger partial charge in [-0.05, 0) is 18.2 Å². The Hall–Kier alpha value is -2.51. The maximum absolute atomic E-state index is 12.3. The molecule has 0 saturated heterocycles. The van der Waals surface area contributed by atoms with Crippen molar-refractivity contribution < 1.29 is 4.74 Å². The zero-order valence-corrected chi connectivity index (χ0v) is 9.93. The first-order valence-corrected chi connectivity index (χ1v) is 5.60. The van der Waals surface area contributed by atoms with Crippen molar-refractivity contribution in [1.29, 1.82) is 0 Å². The summed E-state index contributed by atoms with van der Waals surface area (Å²) in [4.78, 5) is 12.3. The second-order valence-electron chi connectivity index (χ2n) is 4.08. The Morgan fingerprint density at radius 3 is 3.00 bits per heavy atom. The van der Waals surface area contributed by atoms with E-state index >= 15 is 0 Å². The Morgan fingerprint density at radius 2 is 2.22 bits per heavy atom. The number of ether oxygens (including phenoxy) is 1. The number of aromatic nitrogens is 1. The highest BCUT2D eigenvalue weighted by Crippen LogP contribution is 2.27. The van der Waals surface area contributed by atoms with Crippen LogP contribution in [0.2, 0.25) is 0 Å². The molecule has 2 aromatic rings. The predicted octanol–water partition coefficient (Wildman–Crippen LogP) is 2.70. The van der Waals surface area contributed by atoms with Crippen LogP contribution < -0.4 is 10.2 Å². The first kappa shape index (κ1) is 10.6. The molecule has 0 amide bonds. The molecule has 1 aromatic heterocycles. The Bertz CT molecular complexity index is 790. The van der Waals surface area contributed by atoms with E-state index in [1.54, 1.807) is 24.3 Å². The van der Waals surface area contributed by atoms with Crippen LogP contribution in [0.1, 0.15) is 11.3 Å². The first-order valence-electron chi connectivity index (χ1n) is 5.60. The monoisotopic (exact) mass is 237 g/mol. The quantitative estimate of drug-likeness (QED) is 0.507. The summed E-state index contributed by atoms with van der Waals surface area (Å²) in [5.74, 6) is 0.630. The molecule has 0 radical (unpaired) electrons. The third kappa shape index (κ3) is 1.28. The van der Waals surface area contributed by atoms with E-state index < -0.39 is 0 Å². The molecule has 88 valence electrons. The SMILES string of the molecule is C=COc1cccc2c(=O)c3c(n(C)c12)C=C=C3. The minimum absolute atomic E-state index is 0.00821. The van der Waals surface area contributed by atoms with Gasteiger partial charge in [-0.3, -0.25) is 4.79 Å². The Balaban J connectivity index is 2.52. The van der Waals surface area contributed by atoms with Crippen LogP contribution in [0.15, 0.2) is 41.6 Å². The molecule has 0 N–H and O–H groups in total. The average molecular weight is 237 g/mol. The molecule has 18 heavy (non-hydrogen) atoms. The second kappa shape index (κ2) is 3.76. The lowest BCUT2D eigenvalue weighted by molar-refractivity contribution is 0.486. The van der Waals surface area contributed by atoms with Crippen molar-refractivity contribution in [3.8, 4) is 5.75 Å². The molecular formula is C15H11NO2. The summed E-state index contributed by atoms with van der Waals surface area (Å²) in [7, 11) is 1.91. The van der Waals surface area contributed by atoms with Crippen molar-refractivity contribution in [2.24, 2.45) is 7.05 Å². The smallest absolute Gasteiger partial charge is 0.198 e. The first-order chi connectivity index (χ1) is 8.74. The number of hydrogen-bond donors (Lipinski definition) is 0. The fourth-order valence-corrected chi connectivity index (χ4v) is 2.32. The standard InChI is InChI=1S/C15H11NO2/c1-3-18-13-9-5-7-11-14(13)16(2)12-8-4-6-10(12)15(11)17/h3,5-9H,1H2,2H3. The van der Waals surface area contributed by atoms with Crippen LogP contribution in [-0.4, -0.2) is 4.57 Å². The number of hydrogen-bond acceptors (Lipinski definition) is 2. The number of benzene rings is 1. The number of nitrogens with zero attached hydrogens (tertiary/aromatic N) is 1. The van der Waals surface area contributed by atoms with E-state index in [9.17, 15) is 4.79 Å². The van der Waals surface area contributed by atoms with Crippen LogP contribution in [-0.2, 0) is 7.05 Å². The Morgan fingerprint density at radius 1 is 1.39 bits per heavy atom. The van der Waals surface area contributed by atoms with Gasteiger partial charge in [0.2, 0.25) is 0 Å². The van der Waals surface area contributed by atoms with Crippen molar-refractivity contribution in [2.75, 3.05) is 0 Å². The maximum Gasteiger partial charge on any atom is 0.198 e. The van der Waals surface area contributed by atoms with Gasteiger partial charge in [-0.15, -0.1) is 5.73 Å². The van der Waals surface area contributed by atoms with Crippen LogP contribution in [0, 0.1) is 0 Å². The Labute approximate surface area is 104 Å². The molecule has 1 heterocycles. The Kier molecular flexibility index (Phi) is 2.22. The lowest BCUT2D eigenvalue weighted by Crippen LogP contribution is -2.14. The molecule has 1 aromatic carbocycles. The predicted molar refractivity (Wildman–Crippen MR) is 72.5 cm³/mol. The van der Waals surface area contributed by atoms with Gasteiger partial charge in [-0.25, -0.2) is 0 Å². The molecule has 1 aliphatic carbocycles. The number of fused-ring (bicyclic) bond motifs is 2. The molecule has 3 heteroatoms. The summed E-state index contributed by atoms with van der Waals surface area (Å²) in [5.41, 5.74) is 5.28. The van der Waals surface area contributed by atoms with E-state index in [1.165, 1.54) is 6.26 Å². The van der Waals surface area contributed by atoms with Gasteiger partial charge >= 0.3 is 0 Å².